The molecule has 2 aliphatic heterocycles. The zero-order valence-electron chi connectivity index (χ0n) is 20.8. The molecular formula is C26H32B2O5. The number of furan rings is 1. The lowest BCUT2D eigenvalue weighted by Gasteiger charge is -2.32. The highest BCUT2D eigenvalue weighted by molar-refractivity contribution is 6.65. The van der Waals surface area contributed by atoms with E-state index in [4.69, 9.17) is 23.0 Å². The first kappa shape index (κ1) is 22.7. The van der Waals surface area contributed by atoms with Gasteiger partial charge < -0.3 is 23.0 Å². The molecule has 0 radical (unpaired) electrons. The molecule has 5 rings (SSSR count). The van der Waals surface area contributed by atoms with Crippen molar-refractivity contribution in [3.8, 4) is 11.1 Å². The van der Waals surface area contributed by atoms with Crippen molar-refractivity contribution in [2.45, 2.75) is 77.8 Å². The normalized spacial score (nSPS) is 22.9. The molecular weight excluding hydrogens is 414 g/mol. The molecule has 2 aromatic carbocycles. The first-order valence-electron chi connectivity index (χ1n) is 11.6. The summed E-state index contributed by atoms with van der Waals surface area (Å²) in [4.78, 5) is 0. The van der Waals surface area contributed by atoms with Crippen LogP contribution in [0.3, 0.4) is 0 Å². The molecule has 0 aliphatic carbocycles. The maximum atomic E-state index is 6.27. The molecule has 0 N–H and O–H groups in total. The van der Waals surface area contributed by atoms with Crippen LogP contribution in [0.4, 0.5) is 0 Å². The third-order valence-electron chi connectivity index (χ3n) is 7.90. The molecule has 0 spiro atoms. The van der Waals surface area contributed by atoms with Crippen LogP contribution in [0.2, 0.25) is 0 Å². The molecule has 2 aliphatic rings. The minimum atomic E-state index is -0.469. The number of hydrogen-bond acceptors (Lipinski definition) is 5. The quantitative estimate of drug-likeness (QED) is 0.547. The van der Waals surface area contributed by atoms with Gasteiger partial charge in [0.05, 0.1) is 28.7 Å². The first-order valence-corrected chi connectivity index (χ1v) is 11.6. The Bertz CT molecular complexity index is 1160. The van der Waals surface area contributed by atoms with Crippen LogP contribution in [0.1, 0.15) is 55.4 Å². The Morgan fingerprint density at radius 2 is 1.09 bits per heavy atom. The summed E-state index contributed by atoms with van der Waals surface area (Å²) in [5.41, 5.74) is 3.38. The maximum absolute atomic E-state index is 6.27. The molecule has 0 saturated carbocycles. The van der Waals surface area contributed by atoms with Crippen LogP contribution in [0.15, 0.2) is 53.1 Å². The Labute approximate surface area is 197 Å². The van der Waals surface area contributed by atoms with Gasteiger partial charge in [-0.1, -0.05) is 36.4 Å². The Morgan fingerprint density at radius 3 is 1.64 bits per heavy atom. The lowest BCUT2D eigenvalue weighted by Crippen LogP contribution is -2.41. The Hall–Kier alpha value is -2.05. The molecule has 7 heteroatoms. The van der Waals surface area contributed by atoms with Gasteiger partial charge in [-0.2, -0.15) is 0 Å². The zero-order valence-corrected chi connectivity index (χ0v) is 20.8. The van der Waals surface area contributed by atoms with Gasteiger partial charge in [-0.15, -0.1) is 0 Å². The second kappa shape index (κ2) is 7.22. The lowest BCUT2D eigenvalue weighted by molar-refractivity contribution is 0.00578. The predicted octanol–water partition coefficient (Wildman–Crippen LogP) is 4.70. The average Bonchev–Trinajstić information content (AvgIpc) is 3.34. The summed E-state index contributed by atoms with van der Waals surface area (Å²) in [6.07, 6.45) is 1.72. The molecule has 1 aromatic heterocycles. The van der Waals surface area contributed by atoms with Crippen LogP contribution in [0, 0.1) is 0 Å². The molecule has 172 valence electrons. The van der Waals surface area contributed by atoms with E-state index in [9.17, 15) is 0 Å². The predicted molar refractivity (Wildman–Crippen MR) is 133 cm³/mol. The number of hydrogen-bond donors (Lipinski definition) is 0. The van der Waals surface area contributed by atoms with E-state index >= 15 is 0 Å². The van der Waals surface area contributed by atoms with Crippen LogP contribution in [0.5, 0.6) is 0 Å². The fourth-order valence-corrected chi connectivity index (χ4v) is 4.29. The largest absolute Gasteiger partial charge is 0.498 e. The van der Waals surface area contributed by atoms with E-state index < -0.39 is 18.3 Å². The Balaban J connectivity index is 1.45. The second-order valence-corrected chi connectivity index (χ2v) is 11.2. The lowest BCUT2D eigenvalue weighted by atomic mass is 9.76. The van der Waals surface area contributed by atoms with Crippen molar-refractivity contribution >= 4 is 36.1 Å². The first-order chi connectivity index (χ1) is 15.3. The molecule has 2 fully saturated rings. The SMILES string of the molecule is CC1(C)OB(c2ccc(-c3ccc(B4OC(C)(C)C(C)(C)O4)c4occc34)cc2)OC1(C)C. The van der Waals surface area contributed by atoms with Gasteiger partial charge >= 0.3 is 14.2 Å². The van der Waals surface area contributed by atoms with Crippen molar-refractivity contribution in [2.24, 2.45) is 0 Å². The van der Waals surface area contributed by atoms with Gasteiger partial charge in [0.25, 0.3) is 0 Å². The van der Waals surface area contributed by atoms with Gasteiger partial charge in [0.2, 0.25) is 0 Å². The highest BCUT2D eigenvalue weighted by Gasteiger charge is 2.53. The summed E-state index contributed by atoms with van der Waals surface area (Å²) in [7, 11) is -0.841. The van der Waals surface area contributed by atoms with Crippen molar-refractivity contribution in [3.63, 3.8) is 0 Å². The highest BCUT2D eigenvalue weighted by Crippen LogP contribution is 2.39. The number of rotatable bonds is 3. The van der Waals surface area contributed by atoms with Crippen molar-refractivity contribution in [1.82, 2.24) is 0 Å². The molecule has 2 saturated heterocycles. The molecule has 33 heavy (non-hydrogen) atoms. The average molecular weight is 446 g/mol. The molecule has 0 atom stereocenters. The van der Waals surface area contributed by atoms with Crippen LogP contribution < -0.4 is 10.9 Å². The summed E-state index contributed by atoms with van der Waals surface area (Å²) in [6.45, 7) is 16.5. The summed E-state index contributed by atoms with van der Waals surface area (Å²) < 4.78 is 30.8. The Morgan fingerprint density at radius 1 is 0.576 bits per heavy atom. The fourth-order valence-electron chi connectivity index (χ4n) is 4.29. The zero-order chi connectivity index (χ0) is 23.8. The monoisotopic (exact) mass is 446 g/mol. The smallest absolute Gasteiger partial charge is 0.465 e. The number of benzene rings is 2. The van der Waals surface area contributed by atoms with E-state index in [1.54, 1.807) is 6.26 Å². The fraction of sp³-hybridized carbons (Fsp3) is 0.462. The van der Waals surface area contributed by atoms with Gasteiger partial charge in [-0.05, 0) is 78.0 Å². The minimum Gasteiger partial charge on any atom is -0.465 e. The molecule has 0 unspecified atom stereocenters. The molecule has 0 bridgehead atoms. The van der Waals surface area contributed by atoms with E-state index in [0.29, 0.717) is 0 Å². The maximum Gasteiger partial charge on any atom is 0.498 e. The third-order valence-corrected chi connectivity index (χ3v) is 7.90. The third kappa shape index (κ3) is 3.57. The van der Waals surface area contributed by atoms with Crippen molar-refractivity contribution in [1.29, 1.82) is 0 Å². The van der Waals surface area contributed by atoms with Gasteiger partial charge in [-0.3, -0.25) is 0 Å². The molecule has 0 amide bonds. The topological polar surface area (TPSA) is 50.1 Å². The summed E-state index contributed by atoms with van der Waals surface area (Å²) in [5.74, 6) is 0. The van der Waals surface area contributed by atoms with E-state index in [0.717, 1.165) is 33.0 Å². The summed E-state index contributed by atoms with van der Waals surface area (Å²) in [6, 6.07) is 14.5. The molecule has 3 heterocycles. The van der Waals surface area contributed by atoms with Crippen LogP contribution in [-0.4, -0.2) is 36.6 Å². The minimum absolute atomic E-state index is 0.358. The number of fused-ring (bicyclic) bond motifs is 1. The second-order valence-electron chi connectivity index (χ2n) is 11.2. The van der Waals surface area contributed by atoms with E-state index in [1.807, 2.05) is 12.1 Å². The summed E-state index contributed by atoms with van der Waals surface area (Å²) in [5, 5.41) is 1.03. The van der Waals surface area contributed by atoms with E-state index in [1.165, 1.54) is 0 Å². The molecule has 5 nitrogen and oxygen atoms in total. The van der Waals surface area contributed by atoms with Crippen molar-refractivity contribution < 1.29 is 23.0 Å². The van der Waals surface area contributed by atoms with Crippen molar-refractivity contribution in [2.75, 3.05) is 0 Å². The van der Waals surface area contributed by atoms with Gasteiger partial charge in [0.15, 0.2) is 0 Å². The van der Waals surface area contributed by atoms with E-state index in [-0.39, 0.29) is 18.3 Å². The van der Waals surface area contributed by atoms with Crippen molar-refractivity contribution in [3.05, 3.63) is 48.7 Å². The molecule has 3 aromatic rings. The highest BCUT2D eigenvalue weighted by atomic mass is 16.7. The van der Waals surface area contributed by atoms with Gasteiger partial charge in [0.1, 0.15) is 5.58 Å². The van der Waals surface area contributed by atoms with Gasteiger partial charge in [-0.25, -0.2) is 0 Å². The van der Waals surface area contributed by atoms with E-state index in [2.05, 4.69) is 85.7 Å². The van der Waals surface area contributed by atoms with Crippen LogP contribution in [0.25, 0.3) is 22.1 Å². The van der Waals surface area contributed by atoms with Crippen LogP contribution in [-0.2, 0) is 18.6 Å². The van der Waals surface area contributed by atoms with Crippen LogP contribution >= 0.6 is 0 Å². The Kier molecular flexibility index (Phi) is 4.97. The standard InChI is InChI=1S/C26H32B2O5/c1-23(2)24(3,4)31-27(30-23)18-11-9-17(10-12-18)19-13-14-21(22-20(19)15-16-29-22)28-32-25(5,6)26(7,8)33-28/h9-16H,1-8H3. The summed E-state index contributed by atoms with van der Waals surface area (Å²) >= 11 is 0. The van der Waals surface area contributed by atoms with Gasteiger partial charge in [0, 0.05) is 10.8 Å².